The van der Waals surface area contributed by atoms with Crippen molar-refractivity contribution in [1.29, 1.82) is 0 Å². The zero-order chi connectivity index (χ0) is 54.3. The highest BCUT2D eigenvalue weighted by molar-refractivity contribution is 5.71. The first-order valence-electron chi connectivity index (χ1n) is 29.6. The first-order chi connectivity index (χ1) is 37.0. The van der Waals surface area contributed by atoms with Crippen LogP contribution in [0.3, 0.4) is 0 Å². The first-order valence-corrected chi connectivity index (χ1v) is 29.6. The van der Waals surface area contributed by atoms with Gasteiger partial charge in [0.2, 0.25) is 0 Å². The van der Waals surface area contributed by atoms with Gasteiger partial charge in [0, 0.05) is 19.3 Å². The summed E-state index contributed by atoms with van der Waals surface area (Å²) in [6.07, 6.45) is 90.6. The fourth-order valence-corrected chi connectivity index (χ4v) is 7.26. The zero-order valence-corrected chi connectivity index (χ0v) is 47.7. The van der Waals surface area contributed by atoms with Gasteiger partial charge in [0.15, 0.2) is 6.10 Å². The van der Waals surface area contributed by atoms with Crippen LogP contribution in [0.2, 0.25) is 0 Å². The number of hydrogen-bond donors (Lipinski definition) is 0. The number of rotatable bonds is 51. The number of unbranched alkanes of at least 4 members (excludes halogenated alkanes) is 12. The largest absolute Gasteiger partial charge is 0.462 e. The maximum Gasteiger partial charge on any atom is 0.306 e. The molecule has 1 atom stereocenters. The molecule has 0 saturated carbocycles. The lowest BCUT2D eigenvalue weighted by Gasteiger charge is -2.18. The van der Waals surface area contributed by atoms with E-state index in [9.17, 15) is 14.4 Å². The second kappa shape index (κ2) is 61.3. The van der Waals surface area contributed by atoms with Gasteiger partial charge in [0.25, 0.3) is 0 Å². The van der Waals surface area contributed by atoms with Crippen LogP contribution in [0.5, 0.6) is 0 Å². The monoisotopic (exact) mass is 1030 g/mol. The summed E-state index contributed by atoms with van der Waals surface area (Å²) in [5, 5.41) is 0. The van der Waals surface area contributed by atoms with Crippen molar-refractivity contribution in [2.75, 3.05) is 13.2 Å². The van der Waals surface area contributed by atoms with E-state index in [0.717, 1.165) is 128 Å². The SMILES string of the molecule is CC/C=C\C/C=C\C/C=C\C/C=C\C/C=C\CCCCCC(=O)OC[C@H](COC(=O)CCCCC/C=C\C/C=C\C/C=C\C/C=C\CCCCC)OC(=O)CC/C=C\C/C=C\C/C=C\C/C=C\C/C=C\CCCCC. The normalized spacial score (nSPS) is 13.4. The van der Waals surface area contributed by atoms with Crippen LogP contribution in [-0.4, -0.2) is 37.2 Å². The zero-order valence-electron chi connectivity index (χ0n) is 47.7. The van der Waals surface area contributed by atoms with Gasteiger partial charge in [-0.1, -0.05) is 229 Å². The van der Waals surface area contributed by atoms with Crippen molar-refractivity contribution in [3.05, 3.63) is 170 Å². The number of carbonyl (C=O) groups excluding carboxylic acids is 3. The lowest BCUT2D eigenvalue weighted by atomic mass is 10.1. The van der Waals surface area contributed by atoms with Crippen LogP contribution in [0, 0.1) is 0 Å². The predicted molar refractivity (Wildman–Crippen MR) is 325 cm³/mol. The molecule has 0 aromatic carbocycles. The maximum absolute atomic E-state index is 12.9. The molecule has 0 N–H and O–H groups in total. The van der Waals surface area contributed by atoms with E-state index in [1.165, 1.54) is 51.4 Å². The van der Waals surface area contributed by atoms with Gasteiger partial charge in [-0.15, -0.1) is 0 Å². The first kappa shape index (κ1) is 69.8. The third-order valence-corrected chi connectivity index (χ3v) is 11.7. The molecule has 0 aliphatic carbocycles. The number of carbonyl (C=O) groups is 3. The molecule has 0 rings (SSSR count). The Morgan fingerprint density at radius 3 is 0.840 bits per heavy atom. The minimum Gasteiger partial charge on any atom is -0.462 e. The Morgan fingerprint density at radius 2 is 0.547 bits per heavy atom. The van der Waals surface area contributed by atoms with E-state index in [1.807, 2.05) is 12.2 Å². The molecule has 0 heterocycles. The van der Waals surface area contributed by atoms with Crippen molar-refractivity contribution >= 4 is 17.9 Å². The van der Waals surface area contributed by atoms with E-state index in [0.29, 0.717) is 12.8 Å². The molecule has 75 heavy (non-hydrogen) atoms. The van der Waals surface area contributed by atoms with Gasteiger partial charge in [0.05, 0.1) is 0 Å². The van der Waals surface area contributed by atoms with Crippen molar-refractivity contribution in [2.45, 2.75) is 232 Å². The highest BCUT2D eigenvalue weighted by Crippen LogP contribution is 2.11. The molecule has 0 unspecified atom stereocenters. The summed E-state index contributed by atoms with van der Waals surface area (Å²) in [5.74, 6) is -1.10. The summed E-state index contributed by atoms with van der Waals surface area (Å²) in [7, 11) is 0. The van der Waals surface area contributed by atoms with Crippen LogP contribution in [0.1, 0.15) is 226 Å². The molecule has 0 aliphatic rings. The van der Waals surface area contributed by atoms with Crippen LogP contribution in [0.25, 0.3) is 0 Å². The summed E-state index contributed by atoms with van der Waals surface area (Å²) in [4.78, 5) is 38.2. The predicted octanol–water partition coefficient (Wildman–Crippen LogP) is 20.3. The molecule has 0 saturated heterocycles. The van der Waals surface area contributed by atoms with Crippen LogP contribution in [0.4, 0.5) is 0 Å². The smallest absolute Gasteiger partial charge is 0.306 e. The Balaban J connectivity index is 4.66. The lowest BCUT2D eigenvalue weighted by Crippen LogP contribution is -2.30. The Bertz CT molecular complexity index is 1750. The van der Waals surface area contributed by atoms with Crippen molar-refractivity contribution in [3.63, 3.8) is 0 Å². The van der Waals surface area contributed by atoms with Crippen molar-refractivity contribution in [1.82, 2.24) is 0 Å². The molecule has 0 aromatic heterocycles. The standard InChI is InChI=1S/C69H106O6/c1-4-7-10-13-16-19-22-25-28-31-34-37-40-43-46-49-52-55-58-61-67(70)73-64-66(75-69(72)63-60-57-54-51-48-45-42-39-36-33-30-27-24-21-18-15-12-9-6-3)65-74-68(71)62-59-56-53-50-47-44-41-38-35-32-29-26-23-20-17-14-11-8-5-2/h7,10,16-21,25-30,34-39,43-48,54,57,66H,4-6,8-9,11-15,22-24,31-33,40-42,49-53,55-56,58-65H2,1-3H3/b10-7-,19-16-,20-17-,21-18-,28-25-,29-26-,30-27-,37-34-,38-35-,39-36-,46-43-,47-44-,48-45-,57-54-/t66-/m1/s1. The average Bonchev–Trinajstić information content (AvgIpc) is 3.41. The Kier molecular flexibility index (Phi) is 57.0. The van der Waals surface area contributed by atoms with Gasteiger partial charge in [-0.2, -0.15) is 0 Å². The Hall–Kier alpha value is -5.23. The summed E-state index contributed by atoms with van der Waals surface area (Å²) in [5.41, 5.74) is 0. The van der Waals surface area contributed by atoms with Crippen LogP contribution < -0.4 is 0 Å². The molecule has 6 nitrogen and oxygen atoms in total. The molecule has 0 radical (unpaired) electrons. The molecule has 0 amide bonds. The molecule has 418 valence electrons. The highest BCUT2D eigenvalue weighted by atomic mass is 16.6. The summed E-state index contributed by atoms with van der Waals surface area (Å²) >= 11 is 0. The van der Waals surface area contributed by atoms with Gasteiger partial charge in [0.1, 0.15) is 13.2 Å². The van der Waals surface area contributed by atoms with Gasteiger partial charge >= 0.3 is 17.9 Å². The number of allylic oxidation sites excluding steroid dienone is 28. The number of ether oxygens (including phenoxy) is 3. The summed E-state index contributed by atoms with van der Waals surface area (Å²) < 4.78 is 16.8. The molecule has 0 aromatic rings. The van der Waals surface area contributed by atoms with Gasteiger partial charge in [-0.3, -0.25) is 14.4 Å². The Labute approximate surface area is 460 Å². The Morgan fingerprint density at radius 1 is 0.280 bits per heavy atom. The average molecular weight is 1030 g/mol. The van der Waals surface area contributed by atoms with E-state index < -0.39 is 12.1 Å². The third kappa shape index (κ3) is 59.5. The molecule has 0 fully saturated rings. The lowest BCUT2D eigenvalue weighted by molar-refractivity contribution is -0.166. The third-order valence-electron chi connectivity index (χ3n) is 11.7. The van der Waals surface area contributed by atoms with E-state index in [4.69, 9.17) is 14.2 Å². The van der Waals surface area contributed by atoms with Gasteiger partial charge < -0.3 is 14.2 Å². The van der Waals surface area contributed by atoms with Crippen molar-refractivity contribution in [3.8, 4) is 0 Å². The maximum atomic E-state index is 12.9. The minimum atomic E-state index is -0.856. The van der Waals surface area contributed by atoms with Gasteiger partial charge in [-0.05, 0) is 148 Å². The number of esters is 3. The molecule has 0 spiro atoms. The van der Waals surface area contributed by atoms with Crippen molar-refractivity contribution < 1.29 is 28.6 Å². The fourth-order valence-electron chi connectivity index (χ4n) is 7.26. The van der Waals surface area contributed by atoms with Crippen LogP contribution in [-0.2, 0) is 28.6 Å². The van der Waals surface area contributed by atoms with Crippen LogP contribution in [0.15, 0.2) is 170 Å². The summed E-state index contributed by atoms with van der Waals surface area (Å²) in [6, 6.07) is 0. The quantitative estimate of drug-likeness (QED) is 0.0261. The highest BCUT2D eigenvalue weighted by Gasteiger charge is 2.19. The van der Waals surface area contributed by atoms with E-state index in [2.05, 4.69) is 179 Å². The fraction of sp³-hybridized carbons (Fsp3) is 0.551. The van der Waals surface area contributed by atoms with E-state index >= 15 is 0 Å². The topological polar surface area (TPSA) is 78.9 Å². The van der Waals surface area contributed by atoms with E-state index in [1.54, 1.807) is 0 Å². The second-order valence-corrected chi connectivity index (χ2v) is 18.8. The summed E-state index contributed by atoms with van der Waals surface area (Å²) in [6.45, 7) is 6.33. The second-order valence-electron chi connectivity index (χ2n) is 18.8. The molecule has 0 aliphatic heterocycles. The molecule has 0 bridgehead atoms. The molecular weight excluding hydrogens is 925 g/mol. The molecular formula is C69H106O6. The molecule has 6 heteroatoms. The van der Waals surface area contributed by atoms with Gasteiger partial charge in [-0.25, -0.2) is 0 Å². The minimum absolute atomic E-state index is 0.144. The number of hydrogen-bond acceptors (Lipinski definition) is 6. The van der Waals surface area contributed by atoms with Crippen molar-refractivity contribution in [2.24, 2.45) is 0 Å². The van der Waals surface area contributed by atoms with E-state index in [-0.39, 0.29) is 38.0 Å². The van der Waals surface area contributed by atoms with Crippen LogP contribution >= 0.6 is 0 Å².